The number of nitrogens with zero attached hydrogens (tertiary/aromatic N) is 1. The molecule has 162 valence electrons. The number of anilines is 2. The van der Waals surface area contributed by atoms with Crippen LogP contribution >= 0.6 is 23.2 Å². The molecule has 9 heteroatoms. The van der Waals surface area contributed by atoms with Gasteiger partial charge in [0.05, 0.1) is 10.6 Å². The second kappa shape index (κ2) is 9.60. The van der Waals surface area contributed by atoms with Crippen molar-refractivity contribution >= 4 is 50.5 Å². The number of ether oxygens (including phenoxy) is 1. The molecule has 3 aromatic rings. The number of amides is 1. The van der Waals surface area contributed by atoms with E-state index in [0.29, 0.717) is 27.2 Å². The van der Waals surface area contributed by atoms with E-state index in [1.54, 1.807) is 66.7 Å². The molecule has 6 nitrogen and oxygen atoms in total. The lowest BCUT2D eigenvalue weighted by Gasteiger charge is -2.20. The second-order valence-corrected chi connectivity index (χ2v) is 9.62. The van der Waals surface area contributed by atoms with Crippen LogP contribution in [0, 0.1) is 6.92 Å². The Morgan fingerprint density at radius 2 is 1.55 bits per heavy atom. The summed E-state index contributed by atoms with van der Waals surface area (Å²) in [6.07, 6.45) is 0. The molecule has 1 amide bonds. The first-order valence-corrected chi connectivity index (χ1v) is 11.4. The highest BCUT2D eigenvalue weighted by Crippen LogP contribution is 2.25. The van der Waals surface area contributed by atoms with Crippen molar-refractivity contribution in [2.45, 2.75) is 11.8 Å². The molecule has 3 aromatic carbocycles. The lowest BCUT2D eigenvalue weighted by molar-refractivity contribution is -0.118. The molecule has 0 aromatic heterocycles. The fourth-order valence-corrected chi connectivity index (χ4v) is 4.45. The van der Waals surface area contributed by atoms with E-state index in [1.165, 1.54) is 11.4 Å². The van der Waals surface area contributed by atoms with Crippen LogP contribution in [0.3, 0.4) is 0 Å². The summed E-state index contributed by atoms with van der Waals surface area (Å²) < 4.78 is 32.2. The molecule has 31 heavy (non-hydrogen) atoms. The van der Waals surface area contributed by atoms with E-state index in [0.717, 1.165) is 5.56 Å². The molecule has 0 atom stereocenters. The van der Waals surface area contributed by atoms with E-state index in [-0.39, 0.29) is 17.4 Å². The summed E-state index contributed by atoms with van der Waals surface area (Å²) in [4.78, 5) is 12.3. The van der Waals surface area contributed by atoms with Crippen molar-refractivity contribution in [1.29, 1.82) is 0 Å². The molecule has 0 aliphatic carbocycles. The van der Waals surface area contributed by atoms with E-state index >= 15 is 0 Å². The summed E-state index contributed by atoms with van der Waals surface area (Å²) in [6, 6.07) is 17.8. The standard InChI is InChI=1S/C22H20Cl2N2O4S/c1-15-3-9-21(10-4-15)31(28,29)26(2)19-5-7-20(8-6-19)30-14-22(27)25-18-12-16(23)11-17(24)13-18/h3-13H,14H2,1-2H3,(H,25,27). The van der Waals surface area contributed by atoms with Gasteiger partial charge in [0, 0.05) is 22.8 Å². The summed E-state index contributed by atoms with van der Waals surface area (Å²) in [7, 11) is -2.20. The molecule has 0 fully saturated rings. The first kappa shape index (κ1) is 22.9. The zero-order valence-corrected chi connectivity index (χ0v) is 19.1. The third-order valence-corrected chi connectivity index (χ3v) is 6.63. The van der Waals surface area contributed by atoms with Gasteiger partial charge in [0.2, 0.25) is 0 Å². The first-order chi connectivity index (χ1) is 14.6. The van der Waals surface area contributed by atoms with Crippen LogP contribution in [0.15, 0.2) is 71.6 Å². The molecule has 0 aliphatic rings. The predicted octanol–water partition coefficient (Wildman–Crippen LogP) is 5.14. The molecular weight excluding hydrogens is 459 g/mol. The summed E-state index contributed by atoms with van der Waals surface area (Å²) in [5.41, 5.74) is 1.90. The van der Waals surface area contributed by atoms with Gasteiger partial charge in [-0.3, -0.25) is 9.10 Å². The van der Waals surface area contributed by atoms with Crippen molar-refractivity contribution in [3.8, 4) is 5.75 Å². The van der Waals surface area contributed by atoms with Crippen molar-refractivity contribution in [3.63, 3.8) is 0 Å². The minimum atomic E-state index is -3.68. The minimum Gasteiger partial charge on any atom is -0.484 e. The average molecular weight is 479 g/mol. The van der Waals surface area contributed by atoms with Crippen LogP contribution in [-0.4, -0.2) is 28.0 Å². The molecule has 0 aliphatic heterocycles. The van der Waals surface area contributed by atoms with Crippen molar-refractivity contribution in [2.24, 2.45) is 0 Å². The van der Waals surface area contributed by atoms with Gasteiger partial charge in [0.25, 0.3) is 15.9 Å². The zero-order valence-electron chi connectivity index (χ0n) is 16.8. The predicted molar refractivity (Wildman–Crippen MR) is 124 cm³/mol. The topological polar surface area (TPSA) is 75.7 Å². The van der Waals surface area contributed by atoms with Crippen LogP contribution in [0.5, 0.6) is 5.75 Å². The third kappa shape index (κ3) is 5.91. The monoisotopic (exact) mass is 478 g/mol. The fraction of sp³-hybridized carbons (Fsp3) is 0.136. The summed E-state index contributed by atoms with van der Waals surface area (Å²) in [6.45, 7) is 1.66. The second-order valence-electron chi connectivity index (χ2n) is 6.77. The summed E-state index contributed by atoms with van der Waals surface area (Å²) in [5.74, 6) is 0.0330. The van der Waals surface area contributed by atoms with Crippen LogP contribution in [0.2, 0.25) is 10.0 Å². The Morgan fingerprint density at radius 1 is 0.968 bits per heavy atom. The molecule has 0 spiro atoms. The van der Waals surface area contributed by atoms with Gasteiger partial charge in [-0.15, -0.1) is 0 Å². The van der Waals surface area contributed by atoms with Gasteiger partial charge in [-0.25, -0.2) is 8.42 Å². The smallest absolute Gasteiger partial charge is 0.264 e. The largest absolute Gasteiger partial charge is 0.484 e. The van der Waals surface area contributed by atoms with Crippen LogP contribution in [-0.2, 0) is 14.8 Å². The Bertz CT molecular complexity index is 1160. The zero-order chi connectivity index (χ0) is 22.6. The Morgan fingerprint density at radius 3 is 2.13 bits per heavy atom. The Balaban J connectivity index is 1.62. The number of rotatable bonds is 7. The number of aryl methyl sites for hydroxylation is 1. The minimum absolute atomic E-state index is 0.207. The lowest BCUT2D eigenvalue weighted by atomic mass is 10.2. The number of carbonyl (C=O) groups excluding carboxylic acids is 1. The number of hydrogen-bond acceptors (Lipinski definition) is 4. The van der Waals surface area contributed by atoms with Gasteiger partial charge >= 0.3 is 0 Å². The molecule has 0 bridgehead atoms. The van der Waals surface area contributed by atoms with E-state index in [2.05, 4.69) is 5.32 Å². The summed E-state index contributed by atoms with van der Waals surface area (Å²) in [5, 5.41) is 3.46. The van der Waals surface area contributed by atoms with Gasteiger partial charge in [0.15, 0.2) is 6.61 Å². The van der Waals surface area contributed by atoms with E-state index in [9.17, 15) is 13.2 Å². The lowest BCUT2D eigenvalue weighted by Crippen LogP contribution is -2.26. The normalized spacial score (nSPS) is 11.1. The van der Waals surface area contributed by atoms with Gasteiger partial charge in [-0.2, -0.15) is 0 Å². The van der Waals surface area contributed by atoms with Crippen molar-refractivity contribution < 1.29 is 17.9 Å². The molecule has 0 radical (unpaired) electrons. The Labute approximate surface area is 191 Å². The molecule has 0 saturated heterocycles. The fourth-order valence-electron chi connectivity index (χ4n) is 2.73. The molecule has 1 N–H and O–H groups in total. The van der Waals surface area contributed by atoms with E-state index in [1.807, 2.05) is 6.92 Å². The molecule has 3 rings (SSSR count). The Kier molecular flexibility index (Phi) is 7.10. The van der Waals surface area contributed by atoms with Crippen molar-refractivity contribution in [2.75, 3.05) is 23.3 Å². The first-order valence-electron chi connectivity index (χ1n) is 9.19. The van der Waals surface area contributed by atoms with Crippen LogP contribution in [0.25, 0.3) is 0 Å². The van der Waals surface area contributed by atoms with Crippen molar-refractivity contribution in [1.82, 2.24) is 0 Å². The highest BCUT2D eigenvalue weighted by molar-refractivity contribution is 7.92. The molecular formula is C22H20Cl2N2O4S. The van der Waals surface area contributed by atoms with Gasteiger partial charge < -0.3 is 10.1 Å². The molecule has 0 heterocycles. The SMILES string of the molecule is Cc1ccc(S(=O)(=O)N(C)c2ccc(OCC(=O)Nc3cc(Cl)cc(Cl)c3)cc2)cc1. The summed E-state index contributed by atoms with van der Waals surface area (Å²) >= 11 is 11.8. The highest BCUT2D eigenvalue weighted by atomic mass is 35.5. The number of sulfonamides is 1. The number of nitrogens with one attached hydrogen (secondary N) is 1. The quantitative estimate of drug-likeness (QED) is 0.509. The van der Waals surface area contributed by atoms with Gasteiger partial charge in [-0.05, 0) is 61.5 Å². The Hall–Kier alpha value is -2.74. The maximum Gasteiger partial charge on any atom is 0.264 e. The van der Waals surface area contributed by atoms with E-state index in [4.69, 9.17) is 27.9 Å². The highest BCUT2D eigenvalue weighted by Gasteiger charge is 2.21. The number of hydrogen-bond donors (Lipinski definition) is 1. The van der Waals surface area contributed by atoms with E-state index < -0.39 is 10.0 Å². The maximum atomic E-state index is 12.8. The van der Waals surface area contributed by atoms with Gasteiger partial charge in [-0.1, -0.05) is 40.9 Å². The van der Waals surface area contributed by atoms with Crippen LogP contribution < -0.4 is 14.4 Å². The maximum absolute atomic E-state index is 12.8. The number of carbonyl (C=O) groups is 1. The number of halogens is 2. The van der Waals surface area contributed by atoms with Crippen LogP contribution in [0.1, 0.15) is 5.56 Å². The van der Waals surface area contributed by atoms with Gasteiger partial charge in [0.1, 0.15) is 5.75 Å². The van der Waals surface area contributed by atoms with Crippen molar-refractivity contribution in [3.05, 3.63) is 82.3 Å². The average Bonchev–Trinajstić information content (AvgIpc) is 2.71. The number of benzene rings is 3. The third-order valence-electron chi connectivity index (χ3n) is 4.40. The molecule has 0 unspecified atom stereocenters. The van der Waals surface area contributed by atoms with Crippen LogP contribution in [0.4, 0.5) is 11.4 Å². The molecule has 0 saturated carbocycles.